The summed E-state index contributed by atoms with van der Waals surface area (Å²) in [5.41, 5.74) is 1.30. The topological polar surface area (TPSA) is 35.6 Å². The third-order valence-electron chi connectivity index (χ3n) is 4.62. The first-order chi connectivity index (χ1) is 12.6. The Balaban J connectivity index is 1.36. The van der Waals surface area contributed by atoms with Crippen molar-refractivity contribution in [3.63, 3.8) is 0 Å². The minimum Gasteiger partial charge on any atom is -0.369 e. The highest BCUT2D eigenvalue weighted by Gasteiger charge is 2.17. The second-order valence-corrected chi connectivity index (χ2v) is 6.83. The summed E-state index contributed by atoms with van der Waals surface area (Å²) in [6, 6.07) is 14.0. The maximum Gasteiger partial charge on any atom is 0.254 e. The Morgan fingerprint density at radius 1 is 1.04 bits per heavy atom. The Labute approximate surface area is 158 Å². The van der Waals surface area contributed by atoms with Gasteiger partial charge in [-0.25, -0.2) is 4.39 Å². The van der Waals surface area contributed by atoms with E-state index in [4.69, 9.17) is 11.6 Å². The molecule has 1 aliphatic rings. The summed E-state index contributed by atoms with van der Waals surface area (Å²) >= 11 is 5.94. The molecule has 4 nitrogen and oxygen atoms in total. The number of amides is 1. The average molecular weight is 376 g/mol. The summed E-state index contributed by atoms with van der Waals surface area (Å²) in [6.07, 6.45) is 0.848. The number of hydrogen-bond donors (Lipinski definition) is 1. The molecule has 2 aromatic rings. The van der Waals surface area contributed by atoms with Crippen LogP contribution in [0.4, 0.5) is 10.1 Å². The van der Waals surface area contributed by atoms with Gasteiger partial charge in [0.1, 0.15) is 5.82 Å². The number of carbonyl (C=O) groups excluding carboxylic acids is 1. The second kappa shape index (κ2) is 9.01. The fraction of sp³-hybridized carbons (Fsp3) is 0.350. The van der Waals surface area contributed by atoms with Crippen LogP contribution in [-0.2, 0) is 0 Å². The molecule has 1 saturated heterocycles. The molecule has 26 heavy (non-hydrogen) atoms. The van der Waals surface area contributed by atoms with Crippen LogP contribution in [0.5, 0.6) is 0 Å². The number of nitrogens with one attached hydrogen (secondary N) is 1. The largest absolute Gasteiger partial charge is 0.369 e. The molecule has 0 radical (unpaired) electrons. The van der Waals surface area contributed by atoms with E-state index in [9.17, 15) is 9.18 Å². The van der Waals surface area contributed by atoms with Crippen molar-refractivity contribution in [2.24, 2.45) is 0 Å². The van der Waals surface area contributed by atoms with E-state index in [2.05, 4.69) is 27.2 Å². The SMILES string of the molecule is O=C(NCCCN1CCN(c2ccc(Cl)cc2)CC1)c1ccccc1F. The van der Waals surface area contributed by atoms with Crippen LogP contribution in [-0.4, -0.2) is 50.1 Å². The zero-order valence-corrected chi connectivity index (χ0v) is 15.4. The zero-order valence-electron chi connectivity index (χ0n) is 14.6. The van der Waals surface area contributed by atoms with Crippen LogP contribution < -0.4 is 10.2 Å². The van der Waals surface area contributed by atoms with E-state index in [1.807, 2.05) is 12.1 Å². The van der Waals surface area contributed by atoms with Crippen LogP contribution in [0, 0.1) is 5.82 Å². The summed E-state index contributed by atoms with van der Waals surface area (Å²) in [4.78, 5) is 16.7. The van der Waals surface area contributed by atoms with E-state index in [0.29, 0.717) is 6.54 Å². The molecule has 0 atom stereocenters. The quantitative estimate of drug-likeness (QED) is 0.786. The van der Waals surface area contributed by atoms with Crippen LogP contribution >= 0.6 is 11.6 Å². The number of nitrogens with zero attached hydrogens (tertiary/aromatic N) is 2. The third kappa shape index (κ3) is 4.96. The lowest BCUT2D eigenvalue weighted by Gasteiger charge is -2.36. The molecule has 1 aliphatic heterocycles. The molecule has 3 rings (SSSR count). The molecule has 2 aromatic carbocycles. The first-order valence-electron chi connectivity index (χ1n) is 8.89. The maximum absolute atomic E-state index is 13.6. The van der Waals surface area contributed by atoms with Crippen molar-refractivity contribution in [2.45, 2.75) is 6.42 Å². The number of rotatable bonds is 6. The number of anilines is 1. The van der Waals surface area contributed by atoms with Gasteiger partial charge in [-0.15, -0.1) is 0 Å². The molecule has 0 bridgehead atoms. The number of carbonyl (C=O) groups is 1. The number of benzene rings is 2. The summed E-state index contributed by atoms with van der Waals surface area (Å²) in [5.74, 6) is -0.834. The Morgan fingerprint density at radius 3 is 2.42 bits per heavy atom. The summed E-state index contributed by atoms with van der Waals surface area (Å²) in [7, 11) is 0. The van der Waals surface area contributed by atoms with Gasteiger partial charge in [0.05, 0.1) is 5.56 Å². The first-order valence-corrected chi connectivity index (χ1v) is 9.27. The number of halogens is 2. The van der Waals surface area contributed by atoms with Gasteiger partial charge in [-0.1, -0.05) is 23.7 Å². The van der Waals surface area contributed by atoms with Gasteiger partial charge in [-0.05, 0) is 49.4 Å². The molecule has 1 fully saturated rings. The Bertz CT molecular complexity index is 730. The monoisotopic (exact) mass is 375 g/mol. The minimum atomic E-state index is -0.483. The highest BCUT2D eigenvalue weighted by atomic mass is 35.5. The molecule has 138 valence electrons. The van der Waals surface area contributed by atoms with E-state index in [1.54, 1.807) is 12.1 Å². The second-order valence-electron chi connectivity index (χ2n) is 6.39. The van der Waals surface area contributed by atoms with Crippen molar-refractivity contribution >= 4 is 23.2 Å². The highest BCUT2D eigenvalue weighted by Crippen LogP contribution is 2.19. The number of hydrogen-bond acceptors (Lipinski definition) is 3. The lowest BCUT2D eigenvalue weighted by atomic mass is 10.2. The van der Waals surface area contributed by atoms with Crippen molar-refractivity contribution in [3.8, 4) is 0 Å². The van der Waals surface area contributed by atoms with Crippen LogP contribution in [0.3, 0.4) is 0 Å². The van der Waals surface area contributed by atoms with E-state index in [0.717, 1.165) is 44.2 Å². The van der Waals surface area contributed by atoms with Crippen molar-refractivity contribution in [3.05, 3.63) is 64.9 Å². The molecule has 1 heterocycles. The maximum atomic E-state index is 13.6. The Kier molecular flexibility index (Phi) is 6.47. The van der Waals surface area contributed by atoms with Gasteiger partial charge < -0.3 is 10.2 Å². The third-order valence-corrected chi connectivity index (χ3v) is 4.87. The lowest BCUT2D eigenvalue weighted by Crippen LogP contribution is -2.47. The molecule has 1 N–H and O–H groups in total. The van der Waals surface area contributed by atoms with Gasteiger partial charge in [-0.2, -0.15) is 0 Å². The molecule has 0 saturated carbocycles. The lowest BCUT2D eigenvalue weighted by molar-refractivity contribution is 0.0947. The van der Waals surface area contributed by atoms with Crippen LogP contribution in [0.15, 0.2) is 48.5 Å². The van der Waals surface area contributed by atoms with Crippen molar-refractivity contribution in [1.29, 1.82) is 0 Å². The van der Waals surface area contributed by atoms with Gasteiger partial charge in [0.2, 0.25) is 0 Å². The average Bonchev–Trinajstić information content (AvgIpc) is 2.66. The van der Waals surface area contributed by atoms with E-state index in [1.165, 1.54) is 17.8 Å². The summed E-state index contributed by atoms with van der Waals surface area (Å²) in [5, 5.41) is 3.55. The fourth-order valence-corrected chi connectivity index (χ4v) is 3.25. The molecule has 6 heteroatoms. The molecular formula is C20H23ClFN3O. The van der Waals surface area contributed by atoms with Gasteiger partial charge in [0, 0.05) is 43.4 Å². The zero-order chi connectivity index (χ0) is 18.4. The smallest absolute Gasteiger partial charge is 0.254 e. The molecule has 0 aliphatic carbocycles. The Hall–Kier alpha value is -2.11. The molecule has 0 aromatic heterocycles. The molecular weight excluding hydrogens is 353 g/mol. The van der Waals surface area contributed by atoms with Gasteiger partial charge in [-0.3, -0.25) is 9.69 Å². The van der Waals surface area contributed by atoms with Crippen molar-refractivity contribution < 1.29 is 9.18 Å². The predicted octanol–water partition coefficient (Wildman–Crippen LogP) is 3.42. The molecule has 0 spiro atoms. The first kappa shape index (κ1) is 18.7. The van der Waals surface area contributed by atoms with E-state index in [-0.39, 0.29) is 11.5 Å². The van der Waals surface area contributed by atoms with Crippen LogP contribution in [0.25, 0.3) is 0 Å². The Morgan fingerprint density at radius 2 is 1.73 bits per heavy atom. The van der Waals surface area contributed by atoms with Gasteiger partial charge in [0.15, 0.2) is 0 Å². The summed E-state index contributed by atoms with van der Waals surface area (Å²) < 4.78 is 13.6. The standard InChI is InChI=1S/C20H23ClFN3O/c21-16-6-8-17(9-7-16)25-14-12-24(13-15-25)11-3-10-23-20(26)18-4-1-2-5-19(18)22/h1-2,4-9H,3,10-15H2,(H,23,26). The van der Waals surface area contributed by atoms with Crippen LogP contribution in [0.2, 0.25) is 5.02 Å². The summed E-state index contributed by atoms with van der Waals surface area (Å²) in [6.45, 7) is 5.40. The predicted molar refractivity (Wildman–Crippen MR) is 103 cm³/mol. The highest BCUT2D eigenvalue weighted by molar-refractivity contribution is 6.30. The number of piperazine rings is 1. The van der Waals surface area contributed by atoms with E-state index >= 15 is 0 Å². The van der Waals surface area contributed by atoms with Gasteiger partial charge >= 0.3 is 0 Å². The van der Waals surface area contributed by atoms with Crippen molar-refractivity contribution in [1.82, 2.24) is 10.2 Å². The van der Waals surface area contributed by atoms with Gasteiger partial charge in [0.25, 0.3) is 5.91 Å². The molecule has 0 unspecified atom stereocenters. The van der Waals surface area contributed by atoms with E-state index < -0.39 is 5.82 Å². The fourth-order valence-electron chi connectivity index (χ4n) is 3.13. The minimum absolute atomic E-state index is 0.101. The normalized spacial score (nSPS) is 15.1. The van der Waals surface area contributed by atoms with Crippen LogP contribution in [0.1, 0.15) is 16.8 Å². The molecule has 1 amide bonds. The van der Waals surface area contributed by atoms with Crippen molar-refractivity contribution in [2.75, 3.05) is 44.2 Å².